The first-order chi connectivity index (χ1) is 8.54. The predicted octanol–water partition coefficient (Wildman–Crippen LogP) is 2.27. The van der Waals surface area contributed by atoms with Gasteiger partial charge in [-0.1, -0.05) is 0 Å². The topological polar surface area (TPSA) is 55.4 Å². The van der Waals surface area contributed by atoms with Gasteiger partial charge in [-0.25, -0.2) is 4.39 Å². The molecule has 1 aromatic carbocycles. The van der Waals surface area contributed by atoms with Crippen LogP contribution >= 0.6 is 15.9 Å². The molecule has 6 heteroatoms. The molecule has 0 unspecified atom stereocenters. The number of hydrogen-bond acceptors (Lipinski definition) is 3. The predicted molar refractivity (Wildman–Crippen MR) is 67.7 cm³/mol. The van der Waals surface area contributed by atoms with Gasteiger partial charge >= 0.3 is 5.97 Å². The van der Waals surface area contributed by atoms with Gasteiger partial charge in [-0.2, -0.15) is 0 Å². The number of rotatable bonds is 5. The van der Waals surface area contributed by atoms with Crippen molar-refractivity contribution in [3.63, 3.8) is 0 Å². The number of ether oxygens (including phenoxy) is 1. The summed E-state index contributed by atoms with van der Waals surface area (Å²) in [5.41, 5.74) is 0.356. The second kappa shape index (κ2) is 7.10. The number of halogens is 2. The van der Waals surface area contributed by atoms with Crippen molar-refractivity contribution in [3.8, 4) is 0 Å². The summed E-state index contributed by atoms with van der Waals surface area (Å²) in [7, 11) is 1.32. The molecule has 0 aliphatic carbocycles. The van der Waals surface area contributed by atoms with Crippen molar-refractivity contribution in [2.45, 2.75) is 12.8 Å². The van der Waals surface area contributed by atoms with Gasteiger partial charge in [-0.15, -0.1) is 0 Å². The second-order valence-corrected chi connectivity index (χ2v) is 4.41. The molecule has 0 fully saturated rings. The van der Waals surface area contributed by atoms with E-state index < -0.39 is 5.82 Å². The number of carbonyl (C=O) groups is 2. The van der Waals surface area contributed by atoms with Crippen molar-refractivity contribution in [2.24, 2.45) is 0 Å². The summed E-state index contributed by atoms with van der Waals surface area (Å²) in [6.07, 6.45) is 0.749. The van der Waals surface area contributed by atoms with Crippen molar-refractivity contribution in [1.82, 2.24) is 5.32 Å². The lowest BCUT2D eigenvalue weighted by Crippen LogP contribution is -2.25. The lowest BCUT2D eigenvalue weighted by molar-refractivity contribution is -0.140. The molecule has 0 heterocycles. The highest BCUT2D eigenvalue weighted by molar-refractivity contribution is 9.10. The van der Waals surface area contributed by atoms with Crippen LogP contribution in [0.25, 0.3) is 0 Å². The van der Waals surface area contributed by atoms with E-state index in [-0.39, 0.29) is 18.3 Å². The lowest BCUT2D eigenvalue weighted by Gasteiger charge is -2.06. The van der Waals surface area contributed by atoms with Crippen molar-refractivity contribution < 1.29 is 18.7 Å². The van der Waals surface area contributed by atoms with Gasteiger partial charge < -0.3 is 10.1 Å². The van der Waals surface area contributed by atoms with Crippen LogP contribution in [0.3, 0.4) is 0 Å². The number of amides is 1. The summed E-state index contributed by atoms with van der Waals surface area (Å²) in [4.78, 5) is 22.5. The lowest BCUT2D eigenvalue weighted by atomic mass is 10.2. The molecule has 98 valence electrons. The Kier molecular flexibility index (Phi) is 5.77. The number of benzene rings is 1. The Morgan fingerprint density at radius 3 is 2.78 bits per heavy atom. The molecule has 1 rings (SSSR count). The van der Waals surface area contributed by atoms with E-state index in [1.165, 1.54) is 25.3 Å². The molecule has 0 spiro atoms. The summed E-state index contributed by atoms with van der Waals surface area (Å²) in [5, 5.41) is 2.64. The van der Waals surface area contributed by atoms with Gasteiger partial charge in [-0.05, 0) is 40.5 Å². The fraction of sp³-hybridized carbons (Fsp3) is 0.333. The van der Waals surface area contributed by atoms with Crippen molar-refractivity contribution in [3.05, 3.63) is 34.1 Å². The molecule has 0 radical (unpaired) electrons. The van der Waals surface area contributed by atoms with Gasteiger partial charge in [-0.3, -0.25) is 9.59 Å². The minimum absolute atomic E-state index is 0.251. The minimum Gasteiger partial charge on any atom is -0.469 e. The molecule has 0 saturated heterocycles. The van der Waals surface area contributed by atoms with Crippen LogP contribution in [0.15, 0.2) is 22.7 Å². The Labute approximate surface area is 113 Å². The summed E-state index contributed by atoms with van der Waals surface area (Å²) in [6, 6.07) is 3.84. The number of carbonyl (C=O) groups excluding carboxylic acids is 2. The van der Waals surface area contributed by atoms with E-state index in [4.69, 9.17) is 0 Å². The zero-order valence-electron chi connectivity index (χ0n) is 9.83. The third kappa shape index (κ3) is 4.44. The van der Waals surface area contributed by atoms with Crippen LogP contribution in [0.2, 0.25) is 0 Å². The molecule has 0 bridgehead atoms. The maximum atomic E-state index is 12.8. The number of methoxy groups -OCH3 is 1. The average Bonchev–Trinajstić information content (AvgIpc) is 2.34. The first-order valence-corrected chi connectivity index (χ1v) is 6.14. The van der Waals surface area contributed by atoms with E-state index >= 15 is 0 Å². The highest BCUT2D eigenvalue weighted by Crippen LogP contribution is 2.17. The molecule has 1 amide bonds. The third-order valence-corrected chi connectivity index (χ3v) is 2.90. The quantitative estimate of drug-likeness (QED) is 0.669. The standard InChI is InChI=1S/C12H13BrFNO3/c1-18-11(16)3-2-6-15-12(17)9-5-4-8(14)7-10(9)13/h4-5,7H,2-3,6H2,1H3,(H,15,17). The molecule has 0 saturated carbocycles. The molecule has 0 atom stereocenters. The van der Waals surface area contributed by atoms with Crippen molar-refractivity contribution >= 4 is 27.8 Å². The maximum absolute atomic E-state index is 12.8. The number of hydrogen-bond donors (Lipinski definition) is 1. The molecule has 1 aromatic rings. The molecular weight excluding hydrogens is 305 g/mol. The SMILES string of the molecule is COC(=O)CCCNC(=O)c1ccc(F)cc1Br. The smallest absolute Gasteiger partial charge is 0.305 e. The van der Waals surface area contributed by atoms with E-state index in [0.29, 0.717) is 23.0 Å². The van der Waals surface area contributed by atoms with Gasteiger partial charge in [0.25, 0.3) is 5.91 Å². The van der Waals surface area contributed by atoms with Crippen LogP contribution in [0, 0.1) is 5.82 Å². The first kappa shape index (κ1) is 14.6. The number of nitrogens with one attached hydrogen (secondary N) is 1. The van der Waals surface area contributed by atoms with E-state index in [1.807, 2.05) is 0 Å². The Balaban J connectivity index is 2.43. The molecule has 0 aliphatic rings. The number of esters is 1. The van der Waals surface area contributed by atoms with Gasteiger partial charge in [0, 0.05) is 17.4 Å². The highest BCUT2D eigenvalue weighted by atomic mass is 79.9. The van der Waals surface area contributed by atoms with Gasteiger partial charge in [0.15, 0.2) is 0 Å². The average molecular weight is 318 g/mol. The molecule has 0 aromatic heterocycles. The summed E-state index contributed by atoms with van der Waals surface area (Å²) in [6.45, 7) is 0.359. The second-order valence-electron chi connectivity index (χ2n) is 3.56. The Hall–Kier alpha value is -1.43. The Morgan fingerprint density at radius 1 is 1.44 bits per heavy atom. The van der Waals surface area contributed by atoms with Crippen LogP contribution in [0.5, 0.6) is 0 Å². The van der Waals surface area contributed by atoms with Crippen LogP contribution in [0.1, 0.15) is 23.2 Å². The van der Waals surface area contributed by atoms with Gasteiger partial charge in [0.1, 0.15) is 5.82 Å². The fourth-order valence-corrected chi connectivity index (χ4v) is 1.84. The molecular formula is C12H13BrFNO3. The first-order valence-electron chi connectivity index (χ1n) is 5.34. The van der Waals surface area contributed by atoms with E-state index in [1.54, 1.807) is 0 Å². The van der Waals surface area contributed by atoms with Crippen LogP contribution < -0.4 is 5.32 Å². The van der Waals surface area contributed by atoms with Crippen LogP contribution in [-0.4, -0.2) is 25.5 Å². The summed E-state index contributed by atoms with van der Waals surface area (Å²) in [5.74, 6) is -1.04. The molecule has 4 nitrogen and oxygen atoms in total. The normalized spacial score (nSPS) is 9.94. The van der Waals surface area contributed by atoms with E-state index in [9.17, 15) is 14.0 Å². The fourth-order valence-electron chi connectivity index (χ4n) is 1.31. The van der Waals surface area contributed by atoms with Gasteiger partial charge in [0.05, 0.1) is 12.7 Å². The van der Waals surface area contributed by atoms with Crippen molar-refractivity contribution in [2.75, 3.05) is 13.7 Å². The summed E-state index contributed by atoms with van der Waals surface area (Å²) < 4.78 is 17.7. The largest absolute Gasteiger partial charge is 0.469 e. The third-order valence-electron chi connectivity index (χ3n) is 2.25. The zero-order valence-corrected chi connectivity index (χ0v) is 11.4. The minimum atomic E-state index is -0.413. The molecule has 18 heavy (non-hydrogen) atoms. The van der Waals surface area contributed by atoms with Gasteiger partial charge in [0.2, 0.25) is 0 Å². The van der Waals surface area contributed by atoms with E-state index in [0.717, 1.165) is 0 Å². The zero-order chi connectivity index (χ0) is 13.5. The van der Waals surface area contributed by atoms with Crippen LogP contribution in [-0.2, 0) is 9.53 Å². The Bertz CT molecular complexity index is 451. The monoisotopic (exact) mass is 317 g/mol. The summed E-state index contributed by atoms with van der Waals surface area (Å²) >= 11 is 3.12. The maximum Gasteiger partial charge on any atom is 0.305 e. The highest BCUT2D eigenvalue weighted by Gasteiger charge is 2.10. The van der Waals surface area contributed by atoms with E-state index in [2.05, 4.69) is 26.0 Å². The Morgan fingerprint density at radius 2 is 2.17 bits per heavy atom. The molecule has 0 aliphatic heterocycles. The molecule has 1 N–H and O–H groups in total. The van der Waals surface area contributed by atoms with Crippen molar-refractivity contribution in [1.29, 1.82) is 0 Å². The van der Waals surface area contributed by atoms with Crippen LogP contribution in [0.4, 0.5) is 4.39 Å².